The van der Waals surface area contributed by atoms with E-state index in [1.165, 1.54) is 0 Å². The van der Waals surface area contributed by atoms with Gasteiger partial charge in [-0.3, -0.25) is 14.8 Å². The molecule has 1 aliphatic rings. The molecule has 0 saturated carbocycles. The Balaban J connectivity index is 0.000000317. The van der Waals surface area contributed by atoms with Gasteiger partial charge in [-0.15, -0.1) is 5.10 Å². The summed E-state index contributed by atoms with van der Waals surface area (Å²) in [6.45, 7) is 3.33. The molecule has 1 fully saturated rings. The van der Waals surface area contributed by atoms with Crippen LogP contribution in [0.4, 0.5) is 26.3 Å². The molecule has 0 aromatic carbocycles. The maximum absolute atomic E-state index is 12.9. The Kier molecular flexibility index (Phi) is 10.5. The topological polar surface area (TPSA) is 160 Å². The van der Waals surface area contributed by atoms with Gasteiger partial charge in [-0.1, -0.05) is 11.3 Å². The number of carbonyl (C=O) groups is 3. The van der Waals surface area contributed by atoms with E-state index in [0.717, 1.165) is 27.9 Å². The molecule has 0 spiro atoms. The third kappa shape index (κ3) is 8.93. The molecule has 18 heteroatoms. The van der Waals surface area contributed by atoms with Gasteiger partial charge in [0, 0.05) is 43.1 Å². The standard InChI is InChI=1S/C22H20N6O2.2C2HF3O2/c1-15-10-18(12-24-11-15)22(29)27-8-9-30-20(14-27)21-19-3-2-17(13-28(19)26-25-21)16-4-6-23-7-5-16;2*3-2(4,5)1(6)7/h2-7,10-13,20H,8-9,14H2,1H3;2*(H,6,7). The van der Waals surface area contributed by atoms with E-state index in [9.17, 15) is 31.1 Å². The molecule has 234 valence electrons. The minimum Gasteiger partial charge on any atom is -0.475 e. The monoisotopic (exact) mass is 628 g/mol. The molecule has 5 rings (SSSR count). The Hall–Kier alpha value is -5.13. The summed E-state index contributed by atoms with van der Waals surface area (Å²) < 4.78 is 71.2. The lowest BCUT2D eigenvalue weighted by atomic mass is 10.1. The summed E-state index contributed by atoms with van der Waals surface area (Å²) in [4.78, 5) is 40.7. The Labute approximate surface area is 243 Å². The zero-order valence-electron chi connectivity index (χ0n) is 22.5. The average Bonchev–Trinajstić information content (AvgIpc) is 3.40. The number of aryl methyl sites for hydroxylation is 1. The highest BCUT2D eigenvalue weighted by molar-refractivity contribution is 5.94. The number of amides is 1. The van der Waals surface area contributed by atoms with Crippen LogP contribution in [0.15, 0.2) is 61.3 Å². The fourth-order valence-corrected chi connectivity index (χ4v) is 3.71. The van der Waals surface area contributed by atoms with Crippen molar-refractivity contribution in [2.75, 3.05) is 19.7 Å². The number of alkyl halides is 6. The van der Waals surface area contributed by atoms with Gasteiger partial charge in [-0.25, -0.2) is 14.1 Å². The van der Waals surface area contributed by atoms with E-state index >= 15 is 0 Å². The largest absolute Gasteiger partial charge is 0.490 e. The number of morpholine rings is 1. The summed E-state index contributed by atoms with van der Waals surface area (Å²) in [7, 11) is 0. The van der Waals surface area contributed by atoms with E-state index in [-0.39, 0.29) is 12.0 Å². The first-order valence-corrected chi connectivity index (χ1v) is 12.3. The first-order valence-electron chi connectivity index (χ1n) is 12.3. The van der Waals surface area contributed by atoms with Crippen LogP contribution in [-0.4, -0.2) is 89.8 Å². The van der Waals surface area contributed by atoms with E-state index in [0.29, 0.717) is 25.3 Å². The van der Waals surface area contributed by atoms with Crippen LogP contribution < -0.4 is 0 Å². The average molecular weight is 628 g/mol. The molecule has 0 radical (unpaired) electrons. The molecular formula is C26H22F6N6O6. The molecule has 1 aliphatic heterocycles. The van der Waals surface area contributed by atoms with Crippen molar-refractivity contribution >= 4 is 23.4 Å². The van der Waals surface area contributed by atoms with Crippen LogP contribution in [0.5, 0.6) is 0 Å². The van der Waals surface area contributed by atoms with E-state index in [1.54, 1.807) is 34.2 Å². The maximum atomic E-state index is 12.9. The molecule has 0 aliphatic carbocycles. The Morgan fingerprint density at radius 1 is 0.909 bits per heavy atom. The number of nitrogens with zero attached hydrogens (tertiary/aromatic N) is 6. The normalized spacial score (nSPS) is 15.0. The van der Waals surface area contributed by atoms with Gasteiger partial charge in [-0.2, -0.15) is 26.3 Å². The van der Waals surface area contributed by atoms with Crippen LogP contribution in [0.25, 0.3) is 16.6 Å². The van der Waals surface area contributed by atoms with Crippen LogP contribution in [0.1, 0.15) is 27.7 Å². The van der Waals surface area contributed by atoms with Crippen molar-refractivity contribution in [3.05, 3.63) is 78.1 Å². The van der Waals surface area contributed by atoms with Gasteiger partial charge in [-0.05, 0) is 42.3 Å². The number of carboxylic acid groups (broad SMARTS) is 2. The highest BCUT2D eigenvalue weighted by atomic mass is 19.4. The first kappa shape index (κ1) is 33.4. The fraction of sp³-hybridized carbons (Fsp3) is 0.269. The van der Waals surface area contributed by atoms with Gasteiger partial charge in [0.15, 0.2) is 0 Å². The molecule has 0 bridgehead atoms. The number of hydrogen-bond acceptors (Lipinski definition) is 8. The third-order valence-corrected chi connectivity index (χ3v) is 5.72. The van der Waals surface area contributed by atoms with Crippen molar-refractivity contribution in [3.8, 4) is 11.1 Å². The van der Waals surface area contributed by atoms with Crippen LogP contribution >= 0.6 is 0 Å². The van der Waals surface area contributed by atoms with Crippen molar-refractivity contribution in [2.24, 2.45) is 0 Å². The Morgan fingerprint density at radius 3 is 2.09 bits per heavy atom. The van der Waals surface area contributed by atoms with Crippen molar-refractivity contribution in [1.29, 1.82) is 0 Å². The maximum Gasteiger partial charge on any atom is 0.490 e. The predicted molar refractivity (Wildman–Crippen MR) is 137 cm³/mol. The molecule has 1 atom stereocenters. The van der Waals surface area contributed by atoms with E-state index in [2.05, 4.69) is 20.3 Å². The summed E-state index contributed by atoms with van der Waals surface area (Å²) in [5.41, 5.74) is 5.22. The fourth-order valence-electron chi connectivity index (χ4n) is 3.71. The van der Waals surface area contributed by atoms with Crippen molar-refractivity contribution < 1.29 is 55.7 Å². The zero-order chi connectivity index (χ0) is 32.7. The van der Waals surface area contributed by atoms with Gasteiger partial charge in [0.2, 0.25) is 0 Å². The van der Waals surface area contributed by atoms with Crippen LogP contribution in [0, 0.1) is 6.92 Å². The van der Waals surface area contributed by atoms with Gasteiger partial charge >= 0.3 is 24.3 Å². The van der Waals surface area contributed by atoms with Crippen LogP contribution in [0.3, 0.4) is 0 Å². The Morgan fingerprint density at radius 2 is 1.52 bits per heavy atom. The van der Waals surface area contributed by atoms with E-state index < -0.39 is 24.3 Å². The molecule has 1 unspecified atom stereocenters. The number of rotatable bonds is 3. The number of aromatic nitrogens is 5. The molecule has 1 saturated heterocycles. The van der Waals surface area contributed by atoms with E-state index in [1.807, 2.05) is 43.5 Å². The molecule has 4 aromatic heterocycles. The highest BCUT2D eigenvalue weighted by Crippen LogP contribution is 2.27. The molecule has 12 nitrogen and oxygen atoms in total. The second-order valence-electron chi connectivity index (χ2n) is 8.93. The number of carboxylic acids is 2. The third-order valence-electron chi connectivity index (χ3n) is 5.72. The van der Waals surface area contributed by atoms with Crippen LogP contribution in [-0.2, 0) is 14.3 Å². The zero-order valence-corrected chi connectivity index (χ0v) is 22.5. The smallest absolute Gasteiger partial charge is 0.475 e. The van der Waals surface area contributed by atoms with Gasteiger partial charge in [0.25, 0.3) is 5.91 Å². The number of fused-ring (bicyclic) bond motifs is 1. The minimum atomic E-state index is -5.08. The minimum absolute atomic E-state index is 0.0454. The summed E-state index contributed by atoms with van der Waals surface area (Å²) in [5, 5.41) is 22.9. The molecule has 2 N–H and O–H groups in total. The molecule has 44 heavy (non-hydrogen) atoms. The second-order valence-corrected chi connectivity index (χ2v) is 8.93. The summed E-state index contributed by atoms with van der Waals surface area (Å²) >= 11 is 0. The lowest BCUT2D eigenvalue weighted by Gasteiger charge is -2.32. The van der Waals surface area contributed by atoms with E-state index in [4.69, 9.17) is 24.5 Å². The van der Waals surface area contributed by atoms with Crippen molar-refractivity contribution in [3.63, 3.8) is 0 Å². The predicted octanol–water partition coefficient (Wildman–Crippen LogP) is 3.98. The molecule has 1 amide bonds. The number of carbonyl (C=O) groups excluding carboxylic acids is 1. The highest BCUT2D eigenvalue weighted by Gasteiger charge is 2.39. The number of hydrogen-bond donors (Lipinski definition) is 2. The number of aliphatic carboxylic acids is 2. The summed E-state index contributed by atoms with van der Waals surface area (Å²) in [5.74, 6) is -5.56. The lowest BCUT2D eigenvalue weighted by molar-refractivity contribution is -0.193. The lowest BCUT2D eigenvalue weighted by Crippen LogP contribution is -2.42. The number of halogens is 6. The van der Waals surface area contributed by atoms with Crippen molar-refractivity contribution in [2.45, 2.75) is 25.4 Å². The summed E-state index contributed by atoms with van der Waals surface area (Å²) in [6.07, 6.45) is -1.69. The van der Waals surface area contributed by atoms with Gasteiger partial charge in [0.05, 0.1) is 24.2 Å². The molecule has 5 heterocycles. The van der Waals surface area contributed by atoms with Crippen LogP contribution in [0.2, 0.25) is 0 Å². The number of ether oxygens (including phenoxy) is 1. The first-order chi connectivity index (χ1) is 20.6. The summed E-state index contributed by atoms with van der Waals surface area (Å²) in [6, 6.07) is 9.77. The molecular weight excluding hydrogens is 606 g/mol. The second kappa shape index (κ2) is 13.9. The van der Waals surface area contributed by atoms with Gasteiger partial charge < -0.3 is 19.8 Å². The van der Waals surface area contributed by atoms with Crippen molar-refractivity contribution in [1.82, 2.24) is 29.7 Å². The SMILES string of the molecule is Cc1cncc(C(=O)N2CCOC(c3nnn4cc(-c5ccncc5)ccc34)C2)c1.O=C(O)C(F)(F)F.O=C(O)C(F)(F)F. The van der Waals surface area contributed by atoms with Gasteiger partial charge in [0.1, 0.15) is 11.8 Å². The quantitative estimate of drug-likeness (QED) is 0.318. The Bertz CT molecular complexity index is 1590. The molecule has 4 aromatic rings. The number of pyridine rings is 3.